The minimum absolute atomic E-state index is 0.0325. The second-order valence-corrected chi connectivity index (χ2v) is 7.48. The third-order valence-electron chi connectivity index (χ3n) is 3.88. The highest BCUT2D eigenvalue weighted by Crippen LogP contribution is 2.30. The van der Waals surface area contributed by atoms with E-state index in [1.807, 2.05) is 0 Å². The van der Waals surface area contributed by atoms with E-state index in [1.54, 1.807) is 19.2 Å². The smallest absolute Gasteiger partial charge is 0.262 e. The zero-order valence-electron chi connectivity index (χ0n) is 16.0. The van der Waals surface area contributed by atoms with Gasteiger partial charge < -0.3 is 19.5 Å². The summed E-state index contributed by atoms with van der Waals surface area (Å²) >= 11 is 0. The maximum atomic E-state index is 12.6. The van der Waals surface area contributed by atoms with Gasteiger partial charge in [-0.2, -0.15) is 0 Å². The van der Waals surface area contributed by atoms with E-state index in [4.69, 9.17) is 14.2 Å². The van der Waals surface area contributed by atoms with E-state index in [0.29, 0.717) is 42.3 Å². The molecule has 0 spiro atoms. The van der Waals surface area contributed by atoms with E-state index in [-0.39, 0.29) is 10.8 Å². The van der Waals surface area contributed by atoms with Gasteiger partial charge in [-0.25, -0.2) is 8.42 Å². The van der Waals surface area contributed by atoms with Gasteiger partial charge in [-0.1, -0.05) is 0 Å². The second-order valence-electron chi connectivity index (χ2n) is 5.80. The third kappa shape index (κ3) is 5.61. The molecule has 2 aromatic carbocycles. The van der Waals surface area contributed by atoms with Gasteiger partial charge in [-0.05, 0) is 42.8 Å². The van der Waals surface area contributed by atoms with Gasteiger partial charge in [0.2, 0.25) is 0 Å². The van der Waals surface area contributed by atoms with Crippen molar-refractivity contribution in [1.29, 1.82) is 0 Å². The van der Waals surface area contributed by atoms with E-state index < -0.39 is 10.0 Å². The van der Waals surface area contributed by atoms with Crippen molar-refractivity contribution in [3.63, 3.8) is 0 Å². The Labute approximate surface area is 164 Å². The lowest BCUT2D eigenvalue weighted by Crippen LogP contribution is -2.25. The molecule has 0 bridgehead atoms. The number of ether oxygens (including phenoxy) is 3. The first-order chi connectivity index (χ1) is 13.4. The van der Waals surface area contributed by atoms with Crippen LogP contribution < -0.4 is 19.5 Å². The molecule has 2 rings (SSSR count). The van der Waals surface area contributed by atoms with Gasteiger partial charge in [0, 0.05) is 37.6 Å². The van der Waals surface area contributed by atoms with Crippen LogP contribution in [0.15, 0.2) is 47.4 Å². The van der Waals surface area contributed by atoms with Crippen LogP contribution in [0, 0.1) is 0 Å². The number of carbonyl (C=O) groups is 1. The molecular weight excluding hydrogens is 384 g/mol. The average Bonchev–Trinajstić information content (AvgIpc) is 2.70. The number of benzene rings is 2. The predicted octanol–water partition coefficient (Wildman–Crippen LogP) is 2.27. The lowest BCUT2D eigenvalue weighted by Gasteiger charge is -2.12. The normalized spacial score (nSPS) is 11.0. The summed E-state index contributed by atoms with van der Waals surface area (Å²) < 4.78 is 42.8. The quantitative estimate of drug-likeness (QED) is 0.585. The first-order valence-electron chi connectivity index (χ1n) is 8.53. The van der Waals surface area contributed by atoms with Crippen LogP contribution in [0.25, 0.3) is 0 Å². The Bertz CT molecular complexity index is 897. The Morgan fingerprint density at radius 3 is 2.25 bits per heavy atom. The van der Waals surface area contributed by atoms with Crippen LogP contribution >= 0.6 is 0 Å². The van der Waals surface area contributed by atoms with Gasteiger partial charge in [0.15, 0.2) is 11.5 Å². The molecule has 0 aliphatic carbocycles. The maximum absolute atomic E-state index is 12.6. The number of methoxy groups -OCH3 is 3. The molecule has 152 valence electrons. The van der Waals surface area contributed by atoms with Crippen LogP contribution in [-0.4, -0.2) is 48.8 Å². The predicted molar refractivity (Wildman–Crippen MR) is 106 cm³/mol. The number of amides is 1. The van der Waals surface area contributed by atoms with Crippen molar-refractivity contribution in [2.24, 2.45) is 0 Å². The van der Waals surface area contributed by atoms with Crippen molar-refractivity contribution in [2.75, 3.05) is 39.2 Å². The zero-order chi connectivity index (χ0) is 20.6. The van der Waals surface area contributed by atoms with Gasteiger partial charge >= 0.3 is 0 Å². The van der Waals surface area contributed by atoms with Crippen LogP contribution in [0.5, 0.6) is 11.5 Å². The summed E-state index contributed by atoms with van der Waals surface area (Å²) in [4.78, 5) is 12.1. The van der Waals surface area contributed by atoms with E-state index in [0.717, 1.165) is 0 Å². The fourth-order valence-corrected chi connectivity index (χ4v) is 3.48. The first kappa shape index (κ1) is 21.5. The lowest BCUT2D eigenvalue weighted by molar-refractivity contribution is 0.0948. The molecule has 0 unspecified atom stereocenters. The molecule has 1 amide bonds. The number of anilines is 1. The van der Waals surface area contributed by atoms with Crippen LogP contribution in [-0.2, 0) is 14.8 Å². The molecule has 0 fully saturated rings. The highest BCUT2D eigenvalue weighted by atomic mass is 32.2. The number of sulfonamides is 1. The van der Waals surface area contributed by atoms with Crippen LogP contribution in [0.3, 0.4) is 0 Å². The van der Waals surface area contributed by atoms with Crippen LogP contribution in [0.4, 0.5) is 5.69 Å². The average molecular weight is 408 g/mol. The third-order valence-corrected chi connectivity index (χ3v) is 5.25. The maximum Gasteiger partial charge on any atom is 0.262 e. The minimum Gasteiger partial charge on any atom is -0.493 e. The van der Waals surface area contributed by atoms with E-state index in [1.165, 1.54) is 44.6 Å². The fourth-order valence-electron chi connectivity index (χ4n) is 2.41. The van der Waals surface area contributed by atoms with Crippen LogP contribution in [0.1, 0.15) is 16.8 Å². The van der Waals surface area contributed by atoms with Crippen molar-refractivity contribution in [3.05, 3.63) is 48.0 Å². The molecule has 0 aliphatic rings. The standard InChI is InChI=1S/C19H24N2O6S/c1-25-12-4-11-20-19(22)14-5-7-15(8-6-14)21-28(23,24)16-9-10-17(26-2)18(13-16)27-3/h5-10,13,21H,4,11-12H2,1-3H3,(H,20,22). The topological polar surface area (TPSA) is 103 Å². The molecule has 0 heterocycles. The van der Waals surface area contributed by atoms with Crippen molar-refractivity contribution < 1.29 is 27.4 Å². The highest BCUT2D eigenvalue weighted by Gasteiger charge is 2.17. The monoisotopic (exact) mass is 408 g/mol. The Kier molecular flexibility index (Phi) is 7.65. The van der Waals surface area contributed by atoms with Gasteiger partial charge in [-0.3, -0.25) is 9.52 Å². The fraction of sp³-hybridized carbons (Fsp3) is 0.316. The number of hydrogen-bond acceptors (Lipinski definition) is 6. The Hall–Kier alpha value is -2.78. The Balaban J connectivity index is 2.07. The molecule has 0 atom stereocenters. The molecule has 28 heavy (non-hydrogen) atoms. The van der Waals surface area contributed by atoms with Gasteiger partial charge in [0.05, 0.1) is 19.1 Å². The molecule has 0 aromatic heterocycles. The summed E-state index contributed by atoms with van der Waals surface area (Å²) in [5, 5.41) is 2.77. The first-order valence-corrected chi connectivity index (χ1v) is 10.0. The SMILES string of the molecule is COCCCNC(=O)c1ccc(NS(=O)(=O)c2ccc(OC)c(OC)c2)cc1. The molecule has 8 nitrogen and oxygen atoms in total. The minimum atomic E-state index is -3.82. The molecule has 2 N–H and O–H groups in total. The largest absolute Gasteiger partial charge is 0.493 e. The second kappa shape index (κ2) is 9.95. The molecular formula is C19H24N2O6S. The molecule has 2 aromatic rings. The van der Waals surface area contributed by atoms with E-state index in [9.17, 15) is 13.2 Å². The van der Waals surface area contributed by atoms with Crippen LogP contribution in [0.2, 0.25) is 0 Å². The highest BCUT2D eigenvalue weighted by molar-refractivity contribution is 7.92. The Morgan fingerprint density at radius 2 is 1.64 bits per heavy atom. The summed E-state index contributed by atoms with van der Waals surface area (Å²) in [6, 6.07) is 10.5. The molecule has 9 heteroatoms. The van der Waals surface area contributed by atoms with Gasteiger partial charge in [0.25, 0.3) is 15.9 Å². The zero-order valence-corrected chi connectivity index (χ0v) is 16.8. The number of carbonyl (C=O) groups excluding carboxylic acids is 1. The summed E-state index contributed by atoms with van der Waals surface area (Å²) in [5.41, 5.74) is 0.775. The summed E-state index contributed by atoms with van der Waals surface area (Å²) in [6.45, 7) is 1.07. The van der Waals surface area contributed by atoms with Crippen molar-refractivity contribution in [2.45, 2.75) is 11.3 Å². The van der Waals surface area contributed by atoms with E-state index in [2.05, 4.69) is 10.0 Å². The van der Waals surface area contributed by atoms with Crippen molar-refractivity contribution >= 4 is 21.6 Å². The number of rotatable bonds is 10. The van der Waals surface area contributed by atoms with Gasteiger partial charge in [-0.15, -0.1) is 0 Å². The summed E-state index contributed by atoms with van der Waals surface area (Å²) in [5.74, 6) is 0.513. The molecule has 0 aliphatic heterocycles. The summed E-state index contributed by atoms with van der Waals surface area (Å²) in [6.07, 6.45) is 0.714. The lowest BCUT2D eigenvalue weighted by atomic mass is 10.2. The number of nitrogens with one attached hydrogen (secondary N) is 2. The summed E-state index contributed by atoms with van der Waals surface area (Å²) in [7, 11) is 0.679. The van der Waals surface area contributed by atoms with E-state index >= 15 is 0 Å². The van der Waals surface area contributed by atoms with Crippen molar-refractivity contribution in [1.82, 2.24) is 5.32 Å². The van der Waals surface area contributed by atoms with Gasteiger partial charge in [0.1, 0.15) is 0 Å². The number of hydrogen-bond donors (Lipinski definition) is 2. The molecule has 0 radical (unpaired) electrons. The molecule has 0 saturated heterocycles. The molecule has 0 saturated carbocycles. The van der Waals surface area contributed by atoms with Crippen molar-refractivity contribution in [3.8, 4) is 11.5 Å². The Morgan fingerprint density at radius 1 is 0.964 bits per heavy atom.